The van der Waals surface area contributed by atoms with E-state index in [4.69, 9.17) is 4.74 Å². The summed E-state index contributed by atoms with van der Waals surface area (Å²) < 4.78 is 5.83. The summed E-state index contributed by atoms with van der Waals surface area (Å²) in [6, 6.07) is 13.2. The predicted octanol–water partition coefficient (Wildman–Crippen LogP) is 3.32. The highest BCUT2D eigenvalue weighted by molar-refractivity contribution is 5.55. The number of nitrogens with zero attached hydrogens (tertiary/aromatic N) is 1. The van der Waals surface area contributed by atoms with Crippen LogP contribution in [-0.2, 0) is 6.42 Å². The van der Waals surface area contributed by atoms with E-state index in [0.717, 1.165) is 17.9 Å². The second-order valence-corrected chi connectivity index (χ2v) is 5.19. The molecule has 1 heterocycles. The van der Waals surface area contributed by atoms with Crippen LogP contribution in [0.3, 0.4) is 0 Å². The van der Waals surface area contributed by atoms with Crippen molar-refractivity contribution in [2.45, 2.75) is 19.4 Å². The predicted molar refractivity (Wildman–Crippen MR) is 80.9 cm³/mol. The minimum absolute atomic E-state index is 0.0581. The van der Waals surface area contributed by atoms with E-state index in [1.807, 2.05) is 24.3 Å². The molecule has 108 valence electrons. The third kappa shape index (κ3) is 2.81. The van der Waals surface area contributed by atoms with Crippen LogP contribution in [0.25, 0.3) is 0 Å². The highest BCUT2D eigenvalue weighted by Crippen LogP contribution is 2.28. The van der Waals surface area contributed by atoms with Crippen molar-refractivity contribution in [3.05, 3.63) is 63.7 Å². The third-order valence-electron chi connectivity index (χ3n) is 3.65. The Bertz CT molecular complexity index is 660. The lowest BCUT2D eigenvalue weighted by molar-refractivity contribution is -0.385. The van der Waals surface area contributed by atoms with E-state index in [-0.39, 0.29) is 16.7 Å². The summed E-state index contributed by atoms with van der Waals surface area (Å²) in [5.41, 5.74) is 2.75. The number of ether oxygens (including phenoxy) is 1. The fraction of sp³-hybridized carbons (Fsp3) is 0.250. The Morgan fingerprint density at radius 3 is 2.90 bits per heavy atom. The Kier molecular flexibility index (Phi) is 3.48. The van der Waals surface area contributed by atoms with E-state index in [2.05, 4.69) is 11.4 Å². The molecule has 0 fully saturated rings. The van der Waals surface area contributed by atoms with E-state index >= 15 is 0 Å². The van der Waals surface area contributed by atoms with Gasteiger partial charge in [0, 0.05) is 23.7 Å². The molecule has 21 heavy (non-hydrogen) atoms. The Balaban J connectivity index is 1.64. The van der Waals surface area contributed by atoms with Crippen molar-refractivity contribution in [3.63, 3.8) is 0 Å². The first-order valence-electron chi connectivity index (χ1n) is 6.87. The summed E-state index contributed by atoms with van der Waals surface area (Å²) in [5.74, 6) is 0.930. The van der Waals surface area contributed by atoms with E-state index in [1.165, 1.54) is 5.56 Å². The summed E-state index contributed by atoms with van der Waals surface area (Å²) in [4.78, 5) is 10.6. The maximum Gasteiger partial charge on any atom is 0.274 e. The fourth-order valence-corrected chi connectivity index (χ4v) is 2.52. The van der Waals surface area contributed by atoms with Crippen LogP contribution in [0.1, 0.15) is 11.1 Å². The maximum atomic E-state index is 10.9. The van der Waals surface area contributed by atoms with Crippen LogP contribution in [0.15, 0.2) is 42.5 Å². The van der Waals surface area contributed by atoms with E-state index < -0.39 is 0 Å². The van der Waals surface area contributed by atoms with Crippen molar-refractivity contribution in [2.75, 3.05) is 11.9 Å². The molecule has 0 radical (unpaired) electrons. The van der Waals surface area contributed by atoms with Gasteiger partial charge >= 0.3 is 0 Å². The van der Waals surface area contributed by atoms with Gasteiger partial charge in [0.05, 0.1) is 11.5 Å². The second kappa shape index (κ2) is 5.44. The zero-order chi connectivity index (χ0) is 14.8. The molecule has 2 aromatic rings. The molecule has 0 spiro atoms. The summed E-state index contributed by atoms with van der Waals surface area (Å²) >= 11 is 0. The summed E-state index contributed by atoms with van der Waals surface area (Å²) in [6.07, 6.45) is 0.916. The number of aryl methyl sites for hydroxylation is 1. The van der Waals surface area contributed by atoms with Crippen molar-refractivity contribution in [2.24, 2.45) is 0 Å². The minimum Gasteiger partial charge on any atom is -0.488 e. The van der Waals surface area contributed by atoms with E-state index in [9.17, 15) is 10.1 Å². The standard InChI is InChI=1S/C16H16N2O3/c1-11-6-7-13(9-15(11)18(19)20)17-10-14-8-12-4-2-3-5-16(12)21-14/h2-7,9,14,17H,8,10H2,1H3. The van der Waals surface area contributed by atoms with Crippen molar-refractivity contribution in [1.82, 2.24) is 0 Å². The normalized spacial score (nSPS) is 16.1. The van der Waals surface area contributed by atoms with Crippen molar-refractivity contribution in [3.8, 4) is 5.75 Å². The molecule has 1 aliphatic rings. The van der Waals surface area contributed by atoms with Gasteiger partial charge in [-0.2, -0.15) is 0 Å². The Morgan fingerprint density at radius 2 is 2.14 bits per heavy atom. The van der Waals surface area contributed by atoms with Gasteiger partial charge in [0.2, 0.25) is 0 Å². The first-order valence-corrected chi connectivity index (χ1v) is 6.87. The number of benzene rings is 2. The highest BCUT2D eigenvalue weighted by Gasteiger charge is 2.22. The van der Waals surface area contributed by atoms with Gasteiger partial charge < -0.3 is 10.1 Å². The van der Waals surface area contributed by atoms with Gasteiger partial charge in [0.15, 0.2) is 0 Å². The molecule has 0 aromatic heterocycles. The molecule has 0 aliphatic carbocycles. The van der Waals surface area contributed by atoms with Gasteiger partial charge in [-0.05, 0) is 24.6 Å². The lowest BCUT2D eigenvalue weighted by Crippen LogP contribution is -2.23. The lowest BCUT2D eigenvalue weighted by atomic mass is 10.1. The zero-order valence-electron chi connectivity index (χ0n) is 11.7. The molecule has 0 amide bonds. The largest absolute Gasteiger partial charge is 0.488 e. The molecule has 0 saturated carbocycles. The highest BCUT2D eigenvalue weighted by atomic mass is 16.6. The van der Waals surface area contributed by atoms with E-state index in [0.29, 0.717) is 12.1 Å². The number of hydrogen-bond donors (Lipinski definition) is 1. The monoisotopic (exact) mass is 284 g/mol. The van der Waals surface area contributed by atoms with Gasteiger partial charge in [-0.15, -0.1) is 0 Å². The van der Waals surface area contributed by atoms with Gasteiger partial charge in [-0.1, -0.05) is 24.3 Å². The molecular formula is C16H16N2O3. The molecule has 1 aliphatic heterocycles. The quantitative estimate of drug-likeness (QED) is 0.691. The Hall–Kier alpha value is -2.56. The number of para-hydroxylation sites is 1. The Labute approximate surface area is 122 Å². The second-order valence-electron chi connectivity index (χ2n) is 5.19. The molecule has 5 nitrogen and oxygen atoms in total. The number of nitrogens with one attached hydrogen (secondary N) is 1. The van der Waals surface area contributed by atoms with Gasteiger partial charge in [0.25, 0.3) is 5.69 Å². The molecule has 1 unspecified atom stereocenters. The number of nitro groups is 1. The maximum absolute atomic E-state index is 10.9. The number of hydrogen-bond acceptors (Lipinski definition) is 4. The van der Waals surface area contributed by atoms with Crippen LogP contribution >= 0.6 is 0 Å². The van der Waals surface area contributed by atoms with Gasteiger partial charge in [0.1, 0.15) is 11.9 Å². The van der Waals surface area contributed by atoms with Crippen molar-refractivity contribution >= 4 is 11.4 Å². The Morgan fingerprint density at radius 1 is 1.33 bits per heavy atom. The van der Waals surface area contributed by atoms with Crippen molar-refractivity contribution in [1.29, 1.82) is 0 Å². The smallest absolute Gasteiger partial charge is 0.274 e. The SMILES string of the molecule is Cc1ccc(NCC2Cc3ccccc3O2)cc1[N+](=O)[O-]. The van der Waals surface area contributed by atoms with Crippen LogP contribution in [0.4, 0.5) is 11.4 Å². The summed E-state index contributed by atoms with van der Waals surface area (Å²) in [6.45, 7) is 2.35. The number of nitro benzene ring substituents is 1. The van der Waals surface area contributed by atoms with Crippen LogP contribution in [0.2, 0.25) is 0 Å². The van der Waals surface area contributed by atoms with Crippen LogP contribution in [-0.4, -0.2) is 17.6 Å². The van der Waals surface area contributed by atoms with E-state index in [1.54, 1.807) is 19.1 Å². The zero-order valence-corrected chi connectivity index (χ0v) is 11.7. The minimum atomic E-state index is -0.359. The molecule has 1 atom stereocenters. The lowest BCUT2D eigenvalue weighted by Gasteiger charge is -2.13. The third-order valence-corrected chi connectivity index (χ3v) is 3.65. The van der Waals surface area contributed by atoms with Crippen molar-refractivity contribution < 1.29 is 9.66 Å². The average molecular weight is 284 g/mol. The van der Waals surface area contributed by atoms with Gasteiger partial charge in [-0.25, -0.2) is 0 Å². The molecular weight excluding hydrogens is 268 g/mol. The number of fused-ring (bicyclic) bond motifs is 1. The van der Waals surface area contributed by atoms with Crippen LogP contribution in [0.5, 0.6) is 5.75 Å². The fourth-order valence-electron chi connectivity index (χ4n) is 2.52. The topological polar surface area (TPSA) is 64.4 Å². The van der Waals surface area contributed by atoms with Gasteiger partial charge in [-0.3, -0.25) is 10.1 Å². The first kappa shape index (κ1) is 13.4. The summed E-state index contributed by atoms with van der Waals surface area (Å²) in [5, 5.41) is 14.2. The molecule has 5 heteroatoms. The average Bonchev–Trinajstić information content (AvgIpc) is 2.89. The first-order chi connectivity index (χ1) is 10.1. The molecule has 1 N–H and O–H groups in total. The summed E-state index contributed by atoms with van der Waals surface area (Å²) in [7, 11) is 0. The number of rotatable bonds is 4. The van der Waals surface area contributed by atoms with Crippen LogP contribution in [0, 0.1) is 17.0 Å². The molecule has 3 rings (SSSR count). The van der Waals surface area contributed by atoms with Crippen LogP contribution < -0.4 is 10.1 Å². The molecule has 2 aromatic carbocycles. The molecule has 0 bridgehead atoms. The molecule has 0 saturated heterocycles. The number of anilines is 1.